The number of non-ortho nitro benzene ring substituents is 1. The van der Waals surface area contributed by atoms with Crippen molar-refractivity contribution in [3.05, 3.63) is 52.6 Å². The van der Waals surface area contributed by atoms with Crippen LogP contribution in [0.3, 0.4) is 0 Å². The van der Waals surface area contributed by atoms with E-state index in [1.807, 2.05) is 6.92 Å². The van der Waals surface area contributed by atoms with E-state index in [2.05, 4.69) is 0 Å². The molecule has 2 rings (SSSR count). The first-order valence-corrected chi connectivity index (χ1v) is 6.54. The minimum absolute atomic E-state index is 0.0810. The second-order valence-electron chi connectivity index (χ2n) is 4.44. The van der Waals surface area contributed by atoms with Crippen LogP contribution in [0.5, 0.6) is 17.2 Å². The standard InChI is InChI=1S/C15H16N2O4/c1-2-6-20-14-8-12(17(18)19)9-15(10-14)21-13-5-3-4-11(16)7-13/h3-5,7-10H,2,6,16H2,1H3. The van der Waals surface area contributed by atoms with Gasteiger partial charge in [-0.3, -0.25) is 10.1 Å². The average Bonchev–Trinajstić information content (AvgIpc) is 2.45. The number of nitrogens with two attached hydrogens (primary N) is 1. The summed E-state index contributed by atoms with van der Waals surface area (Å²) in [6, 6.07) is 11.2. The van der Waals surface area contributed by atoms with E-state index in [0.717, 1.165) is 6.42 Å². The largest absolute Gasteiger partial charge is 0.493 e. The molecule has 0 radical (unpaired) electrons. The van der Waals surface area contributed by atoms with Crippen LogP contribution >= 0.6 is 0 Å². The molecule has 0 atom stereocenters. The van der Waals surface area contributed by atoms with Crippen LogP contribution in [0.4, 0.5) is 11.4 Å². The predicted molar refractivity (Wildman–Crippen MR) is 79.8 cm³/mol. The Bertz CT molecular complexity index is 643. The molecule has 0 bridgehead atoms. The fourth-order valence-electron chi connectivity index (χ4n) is 1.74. The van der Waals surface area contributed by atoms with Crippen molar-refractivity contribution in [2.75, 3.05) is 12.3 Å². The van der Waals surface area contributed by atoms with Crippen LogP contribution in [0.2, 0.25) is 0 Å². The Hall–Kier alpha value is -2.76. The number of nitrogens with zero attached hydrogens (tertiary/aromatic N) is 1. The highest BCUT2D eigenvalue weighted by atomic mass is 16.6. The molecule has 0 aliphatic rings. The Morgan fingerprint density at radius 3 is 2.57 bits per heavy atom. The van der Waals surface area contributed by atoms with Crippen molar-refractivity contribution in [1.29, 1.82) is 0 Å². The minimum Gasteiger partial charge on any atom is -0.493 e. The molecule has 0 fully saturated rings. The molecule has 0 aliphatic heterocycles. The Balaban J connectivity index is 2.28. The summed E-state index contributed by atoms with van der Waals surface area (Å²) < 4.78 is 11.0. The number of ether oxygens (including phenoxy) is 2. The van der Waals surface area contributed by atoms with E-state index in [1.165, 1.54) is 12.1 Å². The average molecular weight is 288 g/mol. The molecule has 6 nitrogen and oxygen atoms in total. The first-order valence-electron chi connectivity index (χ1n) is 6.54. The summed E-state index contributed by atoms with van der Waals surface area (Å²) in [6.45, 7) is 2.44. The lowest BCUT2D eigenvalue weighted by Gasteiger charge is -2.09. The number of anilines is 1. The van der Waals surface area contributed by atoms with E-state index in [-0.39, 0.29) is 5.69 Å². The lowest BCUT2D eigenvalue weighted by atomic mass is 10.2. The van der Waals surface area contributed by atoms with Gasteiger partial charge in [-0.25, -0.2) is 0 Å². The number of hydrogen-bond donors (Lipinski definition) is 1. The zero-order valence-corrected chi connectivity index (χ0v) is 11.6. The van der Waals surface area contributed by atoms with Gasteiger partial charge in [0, 0.05) is 17.8 Å². The number of rotatable bonds is 6. The molecule has 0 heterocycles. The van der Waals surface area contributed by atoms with Gasteiger partial charge < -0.3 is 15.2 Å². The van der Waals surface area contributed by atoms with Gasteiger partial charge in [0.1, 0.15) is 17.2 Å². The molecule has 21 heavy (non-hydrogen) atoms. The molecule has 0 amide bonds. The number of benzene rings is 2. The van der Waals surface area contributed by atoms with E-state index in [0.29, 0.717) is 29.5 Å². The molecule has 2 aromatic carbocycles. The normalized spacial score (nSPS) is 10.1. The summed E-state index contributed by atoms with van der Waals surface area (Å²) in [7, 11) is 0. The third kappa shape index (κ3) is 4.10. The molecule has 0 aliphatic carbocycles. The van der Waals surface area contributed by atoms with Crippen LogP contribution in [0.15, 0.2) is 42.5 Å². The lowest BCUT2D eigenvalue weighted by molar-refractivity contribution is -0.385. The quantitative estimate of drug-likeness (QED) is 0.496. The van der Waals surface area contributed by atoms with Crippen LogP contribution in [0.25, 0.3) is 0 Å². The summed E-state index contributed by atoms with van der Waals surface area (Å²) in [5.41, 5.74) is 6.15. The van der Waals surface area contributed by atoms with Gasteiger partial charge in [-0.05, 0) is 18.6 Å². The minimum atomic E-state index is -0.481. The van der Waals surface area contributed by atoms with Crippen molar-refractivity contribution < 1.29 is 14.4 Å². The fraction of sp³-hybridized carbons (Fsp3) is 0.200. The van der Waals surface area contributed by atoms with Crippen molar-refractivity contribution in [2.45, 2.75) is 13.3 Å². The molecule has 0 saturated carbocycles. The van der Waals surface area contributed by atoms with Crippen molar-refractivity contribution >= 4 is 11.4 Å². The second kappa shape index (κ2) is 6.60. The summed E-state index contributed by atoms with van der Waals surface area (Å²) in [5, 5.41) is 11.0. The van der Waals surface area contributed by atoms with Crippen molar-refractivity contribution in [3.63, 3.8) is 0 Å². The topological polar surface area (TPSA) is 87.6 Å². The SMILES string of the molecule is CCCOc1cc(Oc2cccc(N)c2)cc([N+](=O)[O-])c1. The van der Waals surface area contributed by atoms with Gasteiger partial charge in [0.05, 0.1) is 23.7 Å². The lowest BCUT2D eigenvalue weighted by Crippen LogP contribution is -1.97. The van der Waals surface area contributed by atoms with E-state index in [4.69, 9.17) is 15.2 Å². The highest BCUT2D eigenvalue weighted by Gasteiger charge is 2.12. The van der Waals surface area contributed by atoms with Gasteiger partial charge >= 0.3 is 0 Å². The van der Waals surface area contributed by atoms with E-state index < -0.39 is 4.92 Å². The number of nitro benzene ring substituents is 1. The molecule has 2 aromatic rings. The summed E-state index contributed by atoms with van der Waals surface area (Å²) in [6.07, 6.45) is 0.814. The van der Waals surface area contributed by atoms with Crippen LogP contribution in [-0.4, -0.2) is 11.5 Å². The van der Waals surface area contributed by atoms with Crippen LogP contribution in [-0.2, 0) is 0 Å². The van der Waals surface area contributed by atoms with Gasteiger partial charge in [0.2, 0.25) is 0 Å². The third-order valence-corrected chi connectivity index (χ3v) is 2.64. The monoisotopic (exact) mass is 288 g/mol. The number of hydrogen-bond acceptors (Lipinski definition) is 5. The first kappa shape index (κ1) is 14.6. The Kier molecular flexibility index (Phi) is 4.61. The van der Waals surface area contributed by atoms with Gasteiger partial charge in [-0.2, -0.15) is 0 Å². The van der Waals surface area contributed by atoms with Gasteiger partial charge in [0.25, 0.3) is 5.69 Å². The second-order valence-corrected chi connectivity index (χ2v) is 4.44. The number of nitro groups is 1. The van der Waals surface area contributed by atoms with E-state index in [9.17, 15) is 10.1 Å². The third-order valence-electron chi connectivity index (χ3n) is 2.64. The molecule has 0 unspecified atom stereocenters. The Morgan fingerprint density at radius 1 is 1.14 bits per heavy atom. The van der Waals surface area contributed by atoms with Crippen LogP contribution < -0.4 is 15.2 Å². The molecule has 0 aromatic heterocycles. The predicted octanol–water partition coefficient (Wildman–Crippen LogP) is 3.76. The van der Waals surface area contributed by atoms with E-state index >= 15 is 0 Å². The van der Waals surface area contributed by atoms with Crippen molar-refractivity contribution in [2.24, 2.45) is 0 Å². The molecular weight excluding hydrogens is 272 g/mol. The Morgan fingerprint density at radius 2 is 1.90 bits per heavy atom. The molecule has 110 valence electrons. The van der Waals surface area contributed by atoms with Crippen molar-refractivity contribution in [3.8, 4) is 17.2 Å². The molecule has 0 saturated heterocycles. The maximum atomic E-state index is 11.0. The maximum Gasteiger partial charge on any atom is 0.276 e. The van der Waals surface area contributed by atoms with Gasteiger partial charge in [0.15, 0.2) is 0 Å². The highest BCUT2D eigenvalue weighted by Crippen LogP contribution is 2.31. The van der Waals surface area contributed by atoms with Crippen LogP contribution in [0.1, 0.15) is 13.3 Å². The fourth-order valence-corrected chi connectivity index (χ4v) is 1.74. The molecular formula is C15H16N2O4. The maximum absolute atomic E-state index is 11.0. The zero-order chi connectivity index (χ0) is 15.2. The summed E-state index contributed by atoms with van der Waals surface area (Å²) in [5.74, 6) is 1.25. The van der Waals surface area contributed by atoms with E-state index in [1.54, 1.807) is 30.3 Å². The van der Waals surface area contributed by atoms with Gasteiger partial charge in [-0.15, -0.1) is 0 Å². The number of nitrogen functional groups attached to an aromatic ring is 1. The highest BCUT2D eigenvalue weighted by molar-refractivity contribution is 5.49. The smallest absolute Gasteiger partial charge is 0.276 e. The van der Waals surface area contributed by atoms with Crippen molar-refractivity contribution in [1.82, 2.24) is 0 Å². The molecule has 2 N–H and O–H groups in total. The molecule has 6 heteroatoms. The van der Waals surface area contributed by atoms with Gasteiger partial charge in [-0.1, -0.05) is 13.0 Å². The first-order chi connectivity index (χ1) is 10.1. The summed E-state index contributed by atoms with van der Waals surface area (Å²) >= 11 is 0. The molecule has 0 spiro atoms. The summed E-state index contributed by atoms with van der Waals surface area (Å²) in [4.78, 5) is 10.5. The zero-order valence-electron chi connectivity index (χ0n) is 11.6. The van der Waals surface area contributed by atoms with Crippen LogP contribution in [0, 0.1) is 10.1 Å². The Labute approximate surface area is 122 Å².